The Balaban J connectivity index is 2.05. The summed E-state index contributed by atoms with van der Waals surface area (Å²) in [5.41, 5.74) is 0.206. The predicted octanol–water partition coefficient (Wildman–Crippen LogP) is 1.68. The monoisotopic (exact) mass is 210 g/mol. The number of nitrogens with zero attached hydrogens (tertiary/aromatic N) is 1. The van der Waals surface area contributed by atoms with Crippen molar-refractivity contribution in [3.63, 3.8) is 0 Å². The minimum absolute atomic E-state index is 0.0524. The van der Waals surface area contributed by atoms with E-state index in [1.807, 2.05) is 0 Å². The van der Waals surface area contributed by atoms with Crippen molar-refractivity contribution < 1.29 is 5.11 Å². The highest BCUT2D eigenvalue weighted by molar-refractivity contribution is 4.82. The smallest absolute Gasteiger partial charge is 0.0621 e. The summed E-state index contributed by atoms with van der Waals surface area (Å²) < 4.78 is 0. The van der Waals surface area contributed by atoms with Crippen LogP contribution >= 0.6 is 0 Å². The molecule has 2 N–H and O–H groups in total. The molecule has 0 spiro atoms. The van der Waals surface area contributed by atoms with Gasteiger partial charge in [0.25, 0.3) is 0 Å². The van der Waals surface area contributed by atoms with Crippen molar-refractivity contribution in [2.24, 2.45) is 11.3 Å². The van der Waals surface area contributed by atoms with Crippen LogP contribution in [0.2, 0.25) is 0 Å². The molecule has 1 rings (SSSR count). The summed E-state index contributed by atoms with van der Waals surface area (Å²) in [6.45, 7) is 6.34. The van der Waals surface area contributed by atoms with Gasteiger partial charge in [-0.2, -0.15) is 5.26 Å². The van der Waals surface area contributed by atoms with Crippen LogP contribution in [0.5, 0.6) is 0 Å². The topological polar surface area (TPSA) is 56.0 Å². The summed E-state index contributed by atoms with van der Waals surface area (Å²) in [5, 5.41) is 21.1. The Morgan fingerprint density at radius 3 is 2.67 bits per heavy atom. The Morgan fingerprint density at radius 1 is 1.47 bits per heavy atom. The minimum atomic E-state index is -0.0524. The summed E-state index contributed by atoms with van der Waals surface area (Å²) in [5.74, 6) is 0.659. The van der Waals surface area contributed by atoms with Gasteiger partial charge >= 0.3 is 0 Å². The molecule has 0 aromatic carbocycles. The molecule has 0 heterocycles. The fourth-order valence-corrected chi connectivity index (χ4v) is 1.96. The molecular formula is C12H22N2O. The lowest BCUT2D eigenvalue weighted by atomic mass is 9.82. The Hall–Kier alpha value is -0.590. The first-order valence-corrected chi connectivity index (χ1v) is 5.79. The molecule has 15 heavy (non-hydrogen) atoms. The van der Waals surface area contributed by atoms with Crippen LogP contribution in [-0.2, 0) is 0 Å². The van der Waals surface area contributed by atoms with E-state index < -0.39 is 0 Å². The maximum atomic E-state index is 9.13. The second-order valence-corrected chi connectivity index (χ2v) is 5.44. The van der Waals surface area contributed by atoms with E-state index in [1.54, 1.807) is 0 Å². The van der Waals surface area contributed by atoms with Crippen LogP contribution in [-0.4, -0.2) is 24.3 Å². The lowest BCUT2D eigenvalue weighted by Crippen LogP contribution is -2.39. The van der Waals surface area contributed by atoms with E-state index in [0.29, 0.717) is 12.3 Å². The molecule has 1 saturated carbocycles. The third kappa shape index (κ3) is 4.63. The molecule has 0 unspecified atom stereocenters. The molecule has 1 fully saturated rings. The predicted molar refractivity (Wildman–Crippen MR) is 60.2 cm³/mol. The molecule has 0 radical (unpaired) electrons. The fraction of sp³-hybridized carbons (Fsp3) is 0.917. The maximum absolute atomic E-state index is 9.13. The first-order chi connectivity index (χ1) is 7.03. The zero-order valence-electron chi connectivity index (χ0n) is 9.79. The molecule has 3 nitrogen and oxygen atoms in total. The molecule has 1 aliphatic rings. The summed E-state index contributed by atoms with van der Waals surface area (Å²) in [6.07, 6.45) is 3.43. The molecule has 0 aromatic rings. The van der Waals surface area contributed by atoms with Gasteiger partial charge in [-0.1, -0.05) is 13.8 Å². The van der Waals surface area contributed by atoms with E-state index in [1.165, 1.54) is 0 Å². The van der Waals surface area contributed by atoms with Crippen molar-refractivity contribution in [2.45, 2.75) is 45.6 Å². The first kappa shape index (κ1) is 12.5. The average molecular weight is 210 g/mol. The zero-order valence-corrected chi connectivity index (χ0v) is 9.79. The summed E-state index contributed by atoms with van der Waals surface area (Å²) >= 11 is 0. The Kier molecular flexibility index (Phi) is 4.56. The second kappa shape index (κ2) is 5.48. The molecule has 0 saturated heterocycles. The van der Waals surface area contributed by atoms with E-state index in [0.717, 1.165) is 32.4 Å². The van der Waals surface area contributed by atoms with Gasteiger partial charge in [0.1, 0.15) is 0 Å². The molecule has 86 valence electrons. The Bertz CT molecular complexity index is 226. The standard InChI is InChI=1S/C12H22N2O/c1-12(2,4-3-5-13)9-14-8-10-6-11(15)7-10/h10-11,14-15H,3-4,6-9H2,1-2H3. The van der Waals surface area contributed by atoms with E-state index >= 15 is 0 Å². The van der Waals surface area contributed by atoms with Gasteiger partial charge in [0.15, 0.2) is 0 Å². The van der Waals surface area contributed by atoms with E-state index in [2.05, 4.69) is 25.2 Å². The van der Waals surface area contributed by atoms with E-state index in [4.69, 9.17) is 10.4 Å². The number of aliphatic hydroxyl groups is 1. The number of hydrogen-bond acceptors (Lipinski definition) is 3. The summed E-state index contributed by atoms with van der Waals surface area (Å²) in [4.78, 5) is 0. The molecule has 1 aliphatic carbocycles. The van der Waals surface area contributed by atoms with Crippen LogP contribution in [0.15, 0.2) is 0 Å². The average Bonchev–Trinajstić information content (AvgIpc) is 2.12. The number of rotatable bonds is 6. The molecule has 0 amide bonds. The van der Waals surface area contributed by atoms with Crippen LogP contribution in [0.4, 0.5) is 0 Å². The van der Waals surface area contributed by atoms with Gasteiger partial charge in [0.2, 0.25) is 0 Å². The third-order valence-corrected chi connectivity index (χ3v) is 3.16. The highest BCUT2D eigenvalue weighted by atomic mass is 16.3. The van der Waals surface area contributed by atoms with Crippen LogP contribution in [0.25, 0.3) is 0 Å². The zero-order chi connectivity index (χ0) is 11.3. The molecular weight excluding hydrogens is 188 g/mol. The van der Waals surface area contributed by atoms with Crippen LogP contribution in [0.3, 0.4) is 0 Å². The first-order valence-electron chi connectivity index (χ1n) is 5.79. The van der Waals surface area contributed by atoms with Gasteiger partial charge in [0, 0.05) is 13.0 Å². The Morgan fingerprint density at radius 2 is 2.13 bits per heavy atom. The normalized spacial score (nSPS) is 25.7. The van der Waals surface area contributed by atoms with Gasteiger partial charge in [-0.25, -0.2) is 0 Å². The second-order valence-electron chi connectivity index (χ2n) is 5.44. The lowest BCUT2D eigenvalue weighted by molar-refractivity contribution is 0.0420. The fourth-order valence-electron chi connectivity index (χ4n) is 1.96. The molecule has 0 bridgehead atoms. The van der Waals surface area contributed by atoms with Crippen molar-refractivity contribution in [2.75, 3.05) is 13.1 Å². The Labute approximate surface area is 92.5 Å². The van der Waals surface area contributed by atoms with Gasteiger partial charge in [-0.05, 0) is 37.1 Å². The summed E-state index contributed by atoms with van der Waals surface area (Å²) in [6, 6.07) is 2.19. The lowest BCUT2D eigenvalue weighted by Gasteiger charge is -2.33. The maximum Gasteiger partial charge on any atom is 0.0621 e. The molecule has 0 aliphatic heterocycles. The number of nitriles is 1. The van der Waals surface area contributed by atoms with Gasteiger partial charge in [0.05, 0.1) is 12.2 Å². The van der Waals surface area contributed by atoms with E-state index in [9.17, 15) is 0 Å². The van der Waals surface area contributed by atoms with E-state index in [-0.39, 0.29) is 11.5 Å². The highest BCUT2D eigenvalue weighted by Crippen LogP contribution is 2.27. The molecule has 0 aromatic heterocycles. The van der Waals surface area contributed by atoms with Crippen molar-refractivity contribution >= 4 is 0 Å². The summed E-state index contributed by atoms with van der Waals surface area (Å²) in [7, 11) is 0. The van der Waals surface area contributed by atoms with Gasteiger partial charge in [-0.15, -0.1) is 0 Å². The van der Waals surface area contributed by atoms with Crippen molar-refractivity contribution in [1.29, 1.82) is 5.26 Å². The van der Waals surface area contributed by atoms with Crippen molar-refractivity contribution in [3.05, 3.63) is 0 Å². The quantitative estimate of drug-likeness (QED) is 0.701. The molecule has 0 atom stereocenters. The number of aliphatic hydroxyl groups excluding tert-OH is 1. The largest absolute Gasteiger partial charge is 0.393 e. The SMILES string of the molecule is CC(C)(CCC#N)CNCC1CC(O)C1. The van der Waals surface area contributed by atoms with Gasteiger partial charge < -0.3 is 10.4 Å². The minimum Gasteiger partial charge on any atom is -0.393 e. The van der Waals surface area contributed by atoms with Crippen LogP contribution in [0.1, 0.15) is 39.5 Å². The third-order valence-electron chi connectivity index (χ3n) is 3.16. The number of nitrogens with one attached hydrogen (secondary N) is 1. The van der Waals surface area contributed by atoms with Crippen molar-refractivity contribution in [1.82, 2.24) is 5.32 Å². The van der Waals surface area contributed by atoms with Crippen LogP contribution < -0.4 is 5.32 Å². The molecule has 3 heteroatoms. The van der Waals surface area contributed by atoms with Gasteiger partial charge in [-0.3, -0.25) is 0 Å². The van der Waals surface area contributed by atoms with Crippen molar-refractivity contribution in [3.8, 4) is 6.07 Å². The van der Waals surface area contributed by atoms with Crippen LogP contribution in [0, 0.1) is 22.7 Å². The number of hydrogen-bond donors (Lipinski definition) is 2. The highest BCUT2D eigenvalue weighted by Gasteiger charge is 2.27.